The molecule has 27 heavy (non-hydrogen) atoms. The highest BCUT2D eigenvalue weighted by Crippen LogP contribution is 2.38. The van der Waals surface area contributed by atoms with Crippen molar-refractivity contribution in [2.75, 3.05) is 0 Å². The van der Waals surface area contributed by atoms with Gasteiger partial charge in [0, 0.05) is 11.3 Å². The second-order valence-electron chi connectivity index (χ2n) is 8.23. The molecule has 3 rings (SSSR count). The molecule has 2 aromatic rings. The molecule has 0 aliphatic heterocycles. The average Bonchev–Trinajstić information content (AvgIpc) is 2.69. The number of rotatable bonds is 8. The van der Waals surface area contributed by atoms with Gasteiger partial charge >= 0.3 is 0 Å². The van der Waals surface area contributed by atoms with Gasteiger partial charge in [-0.3, -0.25) is 0 Å². The van der Waals surface area contributed by atoms with Crippen LogP contribution in [0.3, 0.4) is 0 Å². The Morgan fingerprint density at radius 1 is 0.889 bits per heavy atom. The van der Waals surface area contributed by atoms with Crippen LogP contribution in [0, 0.1) is 11.9 Å². The minimum Gasteiger partial charge on any atom is -0.224 e. The van der Waals surface area contributed by atoms with Gasteiger partial charge < -0.3 is 0 Å². The maximum atomic E-state index is 14.4. The molecule has 0 N–H and O–H groups in total. The summed E-state index contributed by atoms with van der Waals surface area (Å²) in [5, 5.41) is 0. The molecule has 0 bridgehead atoms. The van der Waals surface area contributed by atoms with Gasteiger partial charge in [0.25, 0.3) is 0 Å². The van der Waals surface area contributed by atoms with E-state index in [1.807, 2.05) is 12.1 Å². The molecule has 1 aromatic heterocycles. The minimum absolute atomic E-state index is 0.346. The first-order valence-electron chi connectivity index (χ1n) is 11.0. The van der Waals surface area contributed by atoms with Crippen LogP contribution in [-0.2, 0) is 6.42 Å². The Morgan fingerprint density at radius 2 is 1.63 bits per heavy atom. The second-order valence-corrected chi connectivity index (χ2v) is 8.23. The highest BCUT2D eigenvalue weighted by Gasteiger charge is 2.22. The monoisotopic (exact) mass is 367 g/mol. The molecule has 1 fully saturated rings. The predicted octanol–water partition coefficient (Wildman–Crippen LogP) is 7.69. The third-order valence-corrected chi connectivity index (χ3v) is 6.17. The normalized spacial score (nSPS) is 20.0. The molecule has 1 saturated carbocycles. The first-order valence-corrected chi connectivity index (χ1v) is 11.0. The van der Waals surface area contributed by atoms with Crippen LogP contribution in [0.15, 0.2) is 36.4 Å². The summed E-state index contributed by atoms with van der Waals surface area (Å²) in [5.74, 6) is 1.27. The topological polar surface area (TPSA) is 12.9 Å². The predicted molar refractivity (Wildman–Crippen MR) is 112 cm³/mol. The van der Waals surface area contributed by atoms with Crippen LogP contribution in [0.1, 0.15) is 88.8 Å². The Bertz CT molecular complexity index is 699. The maximum Gasteiger partial charge on any atom is 0.220 e. The first kappa shape index (κ1) is 20.0. The smallest absolute Gasteiger partial charge is 0.220 e. The molecule has 1 aromatic carbocycles. The Labute approximate surface area is 164 Å². The first-order chi connectivity index (χ1) is 13.2. The van der Waals surface area contributed by atoms with Crippen LogP contribution >= 0.6 is 0 Å². The summed E-state index contributed by atoms with van der Waals surface area (Å²) < 4.78 is 14.4. The largest absolute Gasteiger partial charge is 0.224 e. The highest BCUT2D eigenvalue weighted by molar-refractivity contribution is 5.63. The van der Waals surface area contributed by atoms with Crippen molar-refractivity contribution in [3.05, 3.63) is 53.6 Å². The van der Waals surface area contributed by atoms with E-state index >= 15 is 0 Å². The van der Waals surface area contributed by atoms with Crippen molar-refractivity contribution in [2.45, 2.75) is 84.0 Å². The van der Waals surface area contributed by atoms with E-state index in [2.05, 4.69) is 43.1 Å². The van der Waals surface area contributed by atoms with Gasteiger partial charge in [-0.25, -0.2) is 4.98 Å². The molecule has 0 saturated heterocycles. The lowest BCUT2D eigenvalue weighted by atomic mass is 9.77. The van der Waals surface area contributed by atoms with Crippen molar-refractivity contribution in [3.8, 4) is 11.1 Å². The Kier molecular flexibility index (Phi) is 7.43. The molecular formula is C25H34FN. The maximum absolute atomic E-state index is 14.4. The molecule has 0 spiro atoms. The van der Waals surface area contributed by atoms with E-state index in [0.29, 0.717) is 11.5 Å². The summed E-state index contributed by atoms with van der Waals surface area (Å²) in [5.41, 5.74) is 3.80. The molecule has 1 nitrogen and oxygen atoms in total. The lowest BCUT2D eigenvalue weighted by molar-refractivity contribution is 0.303. The minimum atomic E-state index is -0.346. The van der Waals surface area contributed by atoms with Gasteiger partial charge in [0.1, 0.15) is 0 Å². The lowest BCUT2D eigenvalue weighted by Gasteiger charge is -2.29. The van der Waals surface area contributed by atoms with Gasteiger partial charge in [-0.05, 0) is 67.2 Å². The van der Waals surface area contributed by atoms with Gasteiger partial charge in [0.15, 0.2) is 0 Å². The standard InChI is InChI=1S/C25H34FN/c1-3-5-6-8-19-9-11-20(12-10-19)21-13-15-22(16-14-21)24-18-17-23(7-4-2)27-25(24)26/h13-20H,3-12H2,1-2H3/t19-,20-. The fourth-order valence-corrected chi connectivity index (χ4v) is 4.48. The van der Waals surface area contributed by atoms with Gasteiger partial charge in [-0.1, -0.05) is 70.2 Å². The molecular weight excluding hydrogens is 333 g/mol. The van der Waals surface area contributed by atoms with E-state index in [4.69, 9.17) is 0 Å². The van der Waals surface area contributed by atoms with Gasteiger partial charge in [0.05, 0.1) is 0 Å². The number of aryl methyl sites for hydroxylation is 1. The zero-order valence-electron chi connectivity index (χ0n) is 17.0. The summed E-state index contributed by atoms with van der Waals surface area (Å²) >= 11 is 0. The molecule has 0 atom stereocenters. The van der Waals surface area contributed by atoms with Crippen molar-refractivity contribution in [3.63, 3.8) is 0 Å². The van der Waals surface area contributed by atoms with Crippen LogP contribution in [0.4, 0.5) is 4.39 Å². The van der Waals surface area contributed by atoms with E-state index in [0.717, 1.165) is 30.0 Å². The summed E-state index contributed by atoms with van der Waals surface area (Å²) in [4.78, 5) is 4.12. The molecule has 1 heterocycles. The third kappa shape index (κ3) is 5.40. The summed E-state index contributed by atoms with van der Waals surface area (Å²) in [6.45, 7) is 4.37. The average molecular weight is 368 g/mol. The van der Waals surface area contributed by atoms with Gasteiger partial charge in [-0.2, -0.15) is 4.39 Å². The SMILES string of the molecule is CCCCC[C@H]1CC[C@H](c2ccc(-c3ccc(CCC)nc3F)cc2)CC1. The quantitative estimate of drug-likeness (QED) is 0.344. The van der Waals surface area contributed by atoms with E-state index in [1.165, 1.54) is 56.9 Å². The second kappa shape index (κ2) is 10.0. The summed E-state index contributed by atoms with van der Waals surface area (Å²) in [6.07, 6.45) is 12.7. The van der Waals surface area contributed by atoms with Crippen LogP contribution in [0.2, 0.25) is 0 Å². The lowest BCUT2D eigenvalue weighted by Crippen LogP contribution is -2.13. The highest BCUT2D eigenvalue weighted by atomic mass is 19.1. The molecule has 2 heteroatoms. The van der Waals surface area contributed by atoms with Crippen LogP contribution in [-0.4, -0.2) is 4.98 Å². The Balaban J connectivity index is 1.60. The molecule has 0 radical (unpaired) electrons. The molecule has 146 valence electrons. The number of halogens is 1. The Hall–Kier alpha value is -1.70. The molecule has 0 unspecified atom stereocenters. The number of pyridine rings is 1. The molecule has 1 aliphatic rings. The molecule has 0 amide bonds. The van der Waals surface area contributed by atoms with Crippen LogP contribution < -0.4 is 0 Å². The van der Waals surface area contributed by atoms with Crippen LogP contribution in [0.25, 0.3) is 11.1 Å². The van der Waals surface area contributed by atoms with Gasteiger partial charge in [0.2, 0.25) is 5.95 Å². The number of aromatic nitrogens is 1. The Morgan fingerprint density at radius 3 is 2.26 bits per heavy atom. The number of hydrogen-bond donors (Lipinski definition) is 0. The van der Waals surface area contributed by atoms with Crippen molar-refractivity contribution < 1.29 is 4.39 Å². The zero-order chi connectivity index (χ0) is 19.1. The third-order valence-electron chi connectivity index (χ3n) is 6.17. The van der Waals surface area contributed by atoms with Crippen LogP contribution in [0.5, 0.6) is 0 Å². The van der Waals surface area contributed by atoms with Crippen molar-refractivity contribution in [2.24, 2.45) is 5.92 Å². The van der Waals surface area contributed by atoms with Crippen molar-refractivity contribution in [1.29, 1.82) is 0 Å². The number of nitrogens with zero attached hydrogens (tertiary/aromatic N) is 1. The van der Waals surface area contributed by atoms with E-state index in [-0.39, 0.29) is 5.95 Å². The molecule has 1 aliphatic carbocycles. The summed E-state index contributed by atoms with van der Waals surface area (Å²) in [7, 11) is 0. The fourth-order valence-electron chi connectivity index (χ4n) is 4.48. The zero-order valence-corrected chi connectivity index (χ0v) is 17.0. The number of benzene rings is 1. The fraction of sp³-hybridized carbons (Fsp3) is 0.560. The van der Waals surface area contributed by atoms with Crippen molar-refractivity contribution >= 4 is 0 Å². The van der Waals surface area contributed by atoms with E-state index in [1.54, 1.807) is 0 Å². The number of hydrogen-bond acceptors (Lipinski definition) is 1. The van der Waals surface area contributed by atoms with Crippen molar-refractivity contribution in [1.82, 2.24) is 4.98 Å². The van der Waals surface area contributed by atoms with E-state index < -0.39 is 0 Å². The van der Waals surface area contributed by atoms with E-state index in [9.17, 15) is 4.39 Å². The number of unbranched alkanes of at least 4 members (excludes halogenated alkanes) is 2. The summed E-state index contributed by atoms with van der Waals surface area (Å²) in [6, 6.07) is 12.4. The van der Waals surface area contributed by atoms with Gasteiger partial charge in [-0.15, -0.1) is 0 Å².